The SMILES string of the molecule is Cc1c(C)c(C)c2c(c1C)n1c([n+]2C)-c2oc3ccccc3c2C1(C)C.Cc1c(C)c(C)c2c(c1C)n1c([n+]2C)-c2sc3ccccc3c2C1(C)C.Cc1c(C)c(C)c2c(c1C)n1c([n+]2C)-c2sccc2C1(C)C. The van der Waals surface area contributed by atoms with Crippen LogP contribution in [0, 0.1) is 83.1 Å². The number of nitrogens with zero attached hydrogens (tertiary/aromatic N) is 6. The van der Waals surface area contributed by atoms with Gasteiger partial charge >= 0.3 is 17.5 Å². The lowest BCUT2D eigenvalue weighted by Crippen LogP contribution is -2.31. The van der Waals surface area contributed by atoms with E-state index < -0.39 is 0 Å². The summed E-state index contributed by atoms with van der Waals surface area (Å²) in [7, 11) is 6.64. The Kier molecular flexibility index (Phi) is 10.3. The Labute approximate surface area is 444 Å². The fourth-order valence-corrected chi connectivity index (χ4v) is 16.8. The number of imidazole rings is 3. The molecule has 0 saturated carbocycles. The van der Waals surface area contributed by atoms with Gasteiger partial charge in [-0.15, -0.1) is 22.7 Å². The molecule has 0 spiro atoms. The molecule has 0 unspecified atom stereocenters. The van der Waals surface area contributed by atoms with Gasteiger partial charge in [-0.2, -0.15) is 0 Å². The van der Waals surface area contributed by atoms with E-state index in [4.69, 9.17) is 4.42 Å². The predicted octanol–water partition coefficient (Wildman–Crippen LogP) is 15.4. The van der Waals surface area contributed by atoms with E-state index in [-0.39, 0.29) is 16.6 Å². The Morgan fingerprint density at radius 3 is 1.35 bits per heavy atom. The summed E-state index contributed by atoms with van der Waals surface area (Å²) in [5.41, 5.74) is 30.1. The second-order valence-electron chi connectivity index (χ2n) is 23.7. The van der Waals surface area contributed by atoms with Gasteiger partial charge in [-0.1, -0.05) is 36.4 Å². The Balaban J connectivity index is 0.000000113. The topological polar surface area (TPSA) is 39.6 Å². The van der Waals surface area contributed by atoms with E-state index in [1.807, 2.05) is 28.7 Å². The zero-order chi connectivity index (χ0) is 53.1. The van der Waals surface area contributed by atoms with Gasteiger partial charge in [0.15, 0.2) is 33.1 Å². The molecule has 0 atom stereocenters. The maximum Gasteiger partial charge on any atom is 0.327 e. The minimum atomic E-state index is -0.157. The minimum absolute atomic E-state index is 0.0169. The zero-order valence-corrected chi connectivity index (χ0v) is 49.3. The first kappa shape index (κ1) is 48.6. The third-order valence-electron chi connectivity index (χ3n) is 19.2. The molecule has 0 fully saturated rings. The molecule has 3 aliphatic rings. The maximum absolute atomic E-state index is 6.38. The molecule has 5 aromatic carbocycles. The highest BCUT2D eigenvalue weighted by atomic mass is 32.1. The molecule has 11 aromatic rings. The van der Waals surface area contributed by atoms with Crippen LogP contribution in [0.3, 0.4) is 0 Å². The van der Waals surface area contributed by atoms with Crippen molar-refractivity contribution in [3.8, 4) is 33.0 Å². The van der Waals surface area contributed by atoms with Crippen molar-refractivity contribution in [3.63, 3.8) is 0 Å². The van der Waals surface area contributed by atoms with Crippen molar-refractivity contribution < 1.29 is 18.1 Å². The van der Waals surface area contributed by atoms with Gasteiger partial charge in [0.05, 0.1) is 26.7 Å². The van der Waals surface area contributed by atoms with Crippen LogP contribution in [0.15, 0.2) is 64.4 Å². The summed E-state index contributed by atoms with van der Waals surface area (Å²) < 4.78 is 22.6. The summed E-state index contributed by atoms with van der Waals surface area (Å²) in [5.74, 6) is 4.91. The van der Waals surface area contributed by atoms with E-state index in [1.165, 1.54) is 159 Å². The summed E-state index contributed by atoms with van der Waals surface area (Å²) in [5, 5.41) is 4.86. The summed E-state index contributed by atoms with van der Waals surface area (Å²) in [4.78, 5) is 2.86. The number of aryl methyl sites for hydroxylation is 9. The Morgan fingerprint density at radius 1 is 0.419 bits per heavy atom. The van der Waals surface area contributed by atoms with Crippen LogP contribution >= 0.6 is 22.7 Å². The lowest BCUT2D eigenvalue weighted by Gasteiger charge is -2.20. The van der Waals surface area contributed by atoms with Gasteiger partial charge in [-0.25, -0.2) is 27.4 Å². The number of furan rings is 1. The first-order chi connectivity index (χ1) is 34.8. The molecule has 14 rings (SSSR count). The third kappa shape index (κ3) is 5.81. The molecule has 74 heavy (non-hydrogen) atoms. The first-order valence-corrected chi connectivity index (χ1v) is 28.2. The normalized spacial score (nSPS) is 15.1. The van der Waals surface area contributed by atoms with Crippen LogP contribution in [0.4, 0.5) is 0 Å². The summed E-state index contributed by atoms with van der Waals surface area (Å²) in [6.07, 6.45) is 0. The first-order valence-electron chi connectivity index (χ1n) is 26.5. The van der Waals surface area contributed by atoms with E-state index >= 15 is 0 Å². The molecule has 0 bridgehead atoms. The van der Waals surface area contributed by atoms with E-state index in [2.05, 4.69) is 227 Å². The van der Waals surface area contributed by atoms with E-state index in [9.17, 15) is 0 Å². The van der Waals surface area contributed by atoms with Gasteiger partial charge in [-0.05, 0) is 182 Å². The highest BCUT2D eigenvalue weighted by molar-refractivity contribution is 7.22. The number of para-hydroxylation sites is 1. The van der Waals surface area contributed by atoms with Gasteiger partial charge in [-0.3, -0.25) is 0 Å². The average molecular weight is 1020 g/mol. The molecule has 0 N–H and O–H groups in total. The second kappa shape index (κ2) is 15.6. The van der Waals surface area contributed by atoms with Crippen molar-refractivity contribution in [2.45, 2.75) is 141 Å². The number of hydrogen-bond acceptors (Lipinski definition) is 3. The molecule has 6 aromatic heterocycles. The van der Waals surface area contributed by atoms with Crippen LogP contribution in [0.1, 0.15) is 125 Å². The molecule has 0 amide bonds. The van der Waals surface area contributed by atoms with Gasteiger partial charge in [0, 0.05) is 60.0 Å². The minimum Gasteiger partial charge on any atom is -0.448 e. The van der Waals surface area contributed by atoms with Crippen LogP contribution < -0.4 is 13.7 Å². The number of thiophene rings is 2. The van der Waals surface area contributed by atoms with Crippen LogP contribution in [0.25, 0.3) is 87.1 Å². The second-order valence-corrected chi connectivity index (χ2v) is 25.7. The predicted molar refractivity (Wildman–Crippen MR) is 311 cm³/mol. The van der Waals surface area contributed by atoms with Crippen molar-refractivity contribution in [1.29, 1.82) is 0 Å². The summed E-state index contributed by atoms with van der Waals surface area (Å²) >= 11 is 3.80. The maximum atomic E-state index is 6.38. The lowest BCUT2D eigenvalue weighted by molar-refractivity contribution is -0.634. The average Bonchev–Trinajstić information content (AvgIpc) is 4.25. The van der Waals surface area contributed by atoms with Gasteiger partial charge < -0.3 is 4.42 Å². The highest BCUT2D eigenvalue weighted by Gasteiger charge is 2.52. The number of aromatic nitrogens is 6. The molecule has 3 aliphatic heterocycles. The monoisotopic (exact) mass is 1020 g/mol. The molecule has 9 heteroatoms. The molecule has 378 valence electrons. The van der Waals surface area contributed by atoms with E-state index in [0.717, 1.165) is 11.3 Å². The molecule has 7 nitrogen and oxygen atoms in total. The van der Waals surface area contributed by atoms with E-state index in [0.29, 0.717) is 0 Å². The summed E-state index contributed by atoms with van der Waals surface area (Å²) in [6.45, 7) is 41.2. The van der Waals surface area contributed by atoms with E-state index in [1.54, 1.807) is 0 Å². The van der Waals surface area contributed by atoms with Gasteiger partial charge in [0.2, 0.25) is 5.76 Å². The van der Waals surface area contributed by atoms with Gasteiger partial charge in [0.25, 0.3) is 0 Å². The Morgan fingerprint density at radius 2 is 0.824 bits per heavy atom. The molecule has 9 heterocycles. The molecule has 0 radical (unpaired) electrons. The smallest absolute Gasteiger partial charge is 0.327 e. The number of fused-ring (bicyclic) bond motifs is 19. The number of rotatable bonds is 0. The largest absolute Gasteiger partial charge is 0.448 e. The van der Waals surface area contributed by atoms with Crippen LogP contribution in [-0.4, -0.2) is 13.7 Å². The van der Waals surface area contributed by atoms with Crippen LogP contribution in [0.5, 0.6) is 0 Å². The van der Waals surface area contributed by atoms with Crippen LogP contribution in [0.2, 0.25) is 0 Å². The molecule has 0 aliphatic carbocycles. The summed E-state index contributed by atoms with van der Waals surface area (Å²) in [6, 6.07) is 19.6. The highest BCUT2D eigenvalue weighted by Crippen LogP contribution is 2.54. The number of benzene rings is 5. The molecule has 0 saturated heterocycles. The van der Waals surface area contributed by atoms with Crippen molar-refractivity contribution in [2.75, 3.05) is 0 Å². The fraction of sp³-hybridized carbons (Fsp3) is 0.369. The third-order valence-corrected chi connectivity index (χ3v) is 21.2. The quantitative estimate of drug-likeness (QED) is 0.140. The van der Waals surface area contributed by atoms with Gasteiger partial charge in [0.1, 0.15) is 32.0 Å². The zero-order valence-electron chi connectivity index (χ0n) is 47.7. The lowest BCUT2D eigenvalue weighted by atomic mass is 9.92. The van der Waals surface area contributed by atoms with Crippen molar-refractivity contribution in [3.05, 3.63) is 143 Å². The van der Waals surface area contributed by atoms with Crippen molar-refractivity contribution in [2.24, 2.45) is 21.1 Å². The van der Waals surface area contributed by atoms with Crippen LogP contribution in [-0.2, 0) is 37.8 Å². The Hall–Kier alpha value is -6.29. The Bertz CT molecular complexity index is 4140. The number of hydrogen-bond donors (Lipinski definition) is 0. The van der Waals surface area contributed by atoms with Crippen molar-refractivity contribution in [1.82, 2.24) is 13.7 Å². The molecular weight excluding hydrogens is 945 g/mol. The fourth-order valence-electron chi connectivity index (χ4n) is 14.3. The standard InChI is InChI=1S/C23H25N2O.C23H25N2S.C19H23N2S/c2*1-12-13(2)15(4)20-19(14(12)3)24(7)22-21-18(23(5,6)25(20)22)16-10-8-9-11-17(16)26-21;1-10-11(2)13(4)16-15(12(10)3)20(7)18-17-14(8-9-22-17)19(5,6)21(16)18/h2*8-11H,1-7H3;8-9H,1-7H3/q3*+1. The van der Waals surface area contributed by atoms with Crippen molar-refractivity contribution >= 4 is 76.8 Å². The molecular formula is C65H73N6OS2+3.